The molecule has 0 aromatic rings. The van der Waals surface area contributed by atoms with Gasteiger partial charge < -0.3 is 20.5 Å². The summed E-state index contributed by atoms with van der Waals surface area (Å²) in [5.74, 6) is -0.777. The van der Waals surface area contributed by atoms with E-state index in [1.54, 1.807) is 0 Å². The third-order valence-electron chi connectivity index (χ3n) is 2.78. The highest BCUT2D eigenvalue weighted by molar-refractivity contribution is 5.67. The van der Waals surface area contributed by atoms with E-state index in [2.05, 4.69) is 22.8 Å². The van der Waals surface area contributed by atoms with E-state index < -0.39 is 12.1 Å². The molecule has 0 bridgehead atoms. The van der Waals surface area contributed by atoms with Gasteiger partial charge in [-0.25, -0.2) is 4.79 Å². The molecule has 1 aliphatic rings. The summed E-state index contributed by atoms with van der Waals surface area (Å²) >= 11 is 0. The van der Waals surface area contributed by atoms with Crippen LogP contribution in [0.15, 0.2) is 23.8 Å². The van der Waals surface area contributed by atoms with Gasteiger partial charge in [0.1, 0.15) is 6.61 Å². The number of nitrogens with one attached hydrogen (secondary N) is 2. The van der Waals surface area contributed by atoms with Gasteiger partial charge in [-0.15, -0.1) is 0 Å². The summed E-state index contributed by atoms with van der Waals surface area (Å²) in [4.78, 5) is 21.6. The molecule has 0 spiro atoms. The largest absolute Gasteiger partial charge is 0.481 e. The lowest BCUT2D eigenvalue weighted by Gasteiger charge is -2.09. The topological polar surface area (TPSA) is 87.7 Å². The summed E-state index contributed by atoms with van der Waals surface area (Å²) in [7, 11) is 3.75. The van der Waals surface area contributed by atoms with Gasteiger partial charge in [0.15, 0.2) is 0 Å². The van der Waals surface area contributed by atoms with Crippen LogP contribution in [0.25, 0.3) is 0 Å². The van der Waals surface area contributed by atoms with Gasteiger partial charge in [0.05, 0.1) is 0 Å². The number of hydrogen-bond donors (Lipinski definition) is 3. The first-order chi connectivity index (χ1) is 10.6. The van der Waals surface area contributed by atoms with Gasteiger partial charge in [0.2, 0.25) is 0 Å². The Morgan fingerprint density at radius 2 is 1.95 bits per heavy atom. The van der Waals surface area contributed by atoms with E-state index >= 15 is 0 Å². The first kappa shape index (κ1) is 20.2. The number of carboxylic acids is 1. The van der Waals surface area contributed by atoms with Gasteiger partial charge in [0, 0.05) is 13.0 Å². The Morgan fingerprint density at radius 1 is 1.23 bits per heavy atom. The van der Waals surface area contributed by atoms with Crippen LogP contribution >= 0.6 is 0 Å². The molecule has 0 fully saturated rings. The van der Waals surface area contributed by atoms with E-state index in [1.165, 1.54) is 0 Å². The number of alkyl carbamates (subject to hydrolysis) is 1. The van der Waals surface area contributed by atoms with Crippen LogP contribution in [0.5, 0.6) is 0 Å². The first-order valence-corrected chi connectivity index (χ1v) is 7.66. The Bertz CT molecular complexity index is 378. The van der Waals surface area contributed by atoms with Crippen LogP contribution in [-0.2, 0) is 9.53 Å². The summed E-state index contributed by atoms with van der Waals surface area (Å²) < 4.78 is 5.06. The monoisotopic (exact) mass is 312 g/mol. The minimum Gasteiger partial charge on any atom is -0.481 e. The highest BCUT2D eigenvalue weighted by Gasteiger charge is 2.04. The minimum atomic E-state index is -0.777. The number of ether oxygens (including phenoxy) is 1. The lowest BCUT2D eigenvalue weighted by Crippen LogP contribution is -2.26. The summed E-state index contributed by atoms with van der Waals surface area (Å²) in [5, 5.41) is 13.9. The zero-order chi connectivity index (χ0) is 16.6. The minimum absolute atomic E-state index is 0.185. The molecule has 0 radical (unpaired) electrons. The van der Waals surface area contributed by atoms with Crippen molar-refractivity contribution in [3.8, 4) is 0 Å². The van der Waals surface area contributed by atoms with Crippen LogP contribution in [0.1, 0.15) is 38.5 Å². The maximum Gasteiger partial charge on any atom is 0.407 e. The van der Waals surface area contributed by atoms with Crippen LogP contribution < -0.4 is 10.6 Å². The normalized spacial score (nSPS) is 12.7. The number of rotatable bonds is 8. The number of carbonyl (C=O) groups excluding carboxylic acids is 1. The molecule has 1 aliphatic carbocycles. The predicted molar refractivity (Wildman–Crippen MR) is 86.9 cm³/mol. The molecular weight excluding hydrogens is 284 g/mol. The lowest BCUT2D eigenvalue weighted by atomic mass is 10.1. The number of aliphatic carboxylic acids is 1. The van der Waals surface area contributed by atoms with E-state index in [1.807, 2.05) is 20.2 Å². The van der Waals surface area contributed by atoms with Crippen molar-refractivity contribution >= 4 is 12.1 Å². The fourth-order valence-corrected chi connectivity index (χ4v) is 1.74. The molecule has 6 heteroatoms. The fourth-order valence-electron chi connectivity index (χ4n) is 1.74. The average molecular weight is 312 g/mol. The maximum absolute atomic E-state index is 11.3. The van der Waals surface area contributed by atoms with Crippen molar-refractivity contribution in [3.63, 3.8) is 0 Å². The predicted octanol–water partition coefficient (Wildman–Crippen LogP) is 2.47. The number of carboxylic acid groups (broad SMARTS) is 1. The Hall–Kier alpha value is -1.82. The zero-order valence-corrected chi connectivity index (χ0v) is 13.6. The summed E-state index contributed by atoms with van der Waals surface area (Å²) in [5.41, 5.74) is 1.03. The van der Waals surface area contributed by atoms with Crippen LogP contribution in [0.3, 0.4) is 0 Å². The number of carbonyl (C=O) groups is 2. The molecule has 0 aliphatic heterocycles. The van der Waals surface area contributed by atoms with Gasteiger partial charge in [-0.1, -0.05) is 24.6 Å². The zero-order valence-electron chi connectivity index (χ0n) is 13.6. The lowest BCUT2D eigenvalue weighted by molar-refractivity contribution is -0.137. The summed E-state index contributed by atoms with van der Waals surface area (Å²) in [6, 6.07) is 0. The molecule has 0 heterocycles. The molecule has 0 saturated heterocycles. The number of unbranched alkanes of at least 4 members (excludes halogenated alkanes) is 2. The number of hydrogen-bond acceptors (Lipinski definition) is 4. The van der Waals surface area contributed by atoms with Crippen molar-refractivity contribution < 1.29 is 19.4 Å². The molecule has 0 unspecified atom stereocenters. The third-order valence-corrected chi connectivity index (χ3v) is 2.78. The van der Waals surface area contributed by atoms with Gasteiger partial charge in [-0.3, -0.25) is 4.79 Å². The van der Waals surface area contributed by atoms with Crippen molar-refractivity contribution in [2.75, 3.05) is 27.2 Å². The van der Waals surface area contributed by atoms with E-state index in [0.29, 0.717) is 19.6 Å². The van der Waals surface area contributed by atoms with E-state index in [4.69, 9.17) is 9.84 Å². The summed E-state index contributed by atoms with van der Waals surface area (Å²) in [6.07, 6.45) is 10.1. The molecular formula is C16H28N2O4. The average Bonchev–Trinajstić information content (AvgIpc) is 2.50. The molecule has 1 amide bonds. The van der Waals surface area contributed by atoms with E-state index in [0.717, 1.165) is 31.3 Å². The number of amides is 1. The Labute approximate surface area is 132 Å². The molecule has 1 rings (SSSR count). The van der Waals surface area contributed by atoms with Crippen molar-refractivity contribution in [2.45, 2.75) is 38.5 Å². The van der Waals surface area contributed by atoms with Gasteiger partial charge in [-0.2, -0.15) is 0 Å². The molecule has 0 saturated carbocycles. The summed E-state index contributed by atoms with van der Waals surface area (Å²) in [6.45, 7) is 0.828. The first-order valence-electron chi connectivity index (χ1n) is 7.66. The van der Waals surface area contributed by atoms with Crippen molar-refractivity contribution in [1.82, 2.24) is 10.6 Å². The Morgan fingerprint density at radius 3 is 2.55 bits per heavy atom. The Kier molecular flexibility index (Phi) is 13.0. The van der Waals surface area contributed by atoms with Crippen LogP contribution in [0, 0.1) is 0 Å². The standard InChI is InChI=1S/C14H21NO4.C2H7N/c16-13(17)9-5-2-6-10-15-14(18)19-11-12-7-3-1-4-8-12;1-3-2/h3,7-8H,1-2,4-6,9-11H2,(H,15,18)(H,16,17);3H,1-2H3. The maximum atomic E-state index is 11.3. The molecule has 0 aromatic carbocycles. The smallest absolute Gasteiger partial charge is 0.407 e. The second-order valence-corrected chi connectivity index (χ2v) is 4.97. The molecule has 22 heavy (non-hydrogen) atoms. The van der Waals surface area contributed by atoms with E-state index in [9.17, 15) is 9.59 Å². The van der Waals surface area contributed by atoms with Gasteiger partial charge in [0.25, 0.3) is 0 Å². The number of allylic oxidation sites excluding steroid dienone is 2. The highest BCUT2D eigenvalue weighted by Crippen LogP contribution is 2.09. The molecule has 3 N–H and O–H groups in total. The quantitative estimate of drug-likeness (QED) is 0.599. The van der Waals surface area contributed by atoms with Crippen molar-refractivity contribution in [1.29, 1.82) is 0 Å². The molecule has 6 nitrogen and oxygen atoms in total. The molecule has 0 aromatic heterocycles. The van der Waals surface area contributed by atoms with Gasteiger partial charge >= 0.3 is 12.1 Å². The van der Waals surface area contributed by atoms with Crippen LogP contribution in [0.4, 0.5) is 4.79 Å². The second-order valence-electron chi connectivity index (χ2n) is 4.97. The third kappa shape index (κ3) is 13.2. The Balaban J connectivity index is 0.00000135. The highest BCUT2D eigenvalue weighted by atomic mass is 16.5. The van der Waals surface area contributed by atoms with Crippen molar-refractivity contribution in [3.05, 3.63) is 23.8 Å². The van der Waals surface area contributed by atoms with Crippen LogP contribution in [0.2, 0.25) is 0 Å². The van der Waals surface area contributed by atoms with Crippen molar-refractivity contribution in [2.24, 2.45) is 0 Å². The van der Waals surface area contributed by atoms with Crippen LogP contribution in [-0.4, -0.2) is 44.4 Å². The second kappa shape index (κ2) is 14.1. The fraction of sp³-hybridized carbons (Fsp3) is 0.625. The van der Waals surface area contributed by atoms with E-state index in [-0.39, 0.29) is 6.42 Å². The molecule has 126 valence electrons. The molecule has 0 atom stereocenters. The SMILES string of the molecule is CNC.O=C(O)CCCCCNC(=O)OCC1=CCCC=C1. The van der Waals surface area contributed by atoms with Gasteiger partial charge in [-0.05, 0) is 45.4 Å².